The van der Waals surface area contributed by atoms with Gasteiger partial charge in [0.1, 0.15) is 11.6 Å². The van der Waals surface area contributed by atoms with E-state index in [-0.39, 0.29) is 0 Å². The Labute approximate surface area is 197 Å². The zero-order chi connectivity index (χ0) is 22.8. The molecule has 2 fully saturated rings. The number of rotatable bonds is 8. The van der Waals surface area contributed by atoms with Crippen LogP contribution in [0.4, 0.5) is 5.82 Å². The second-order valence-electron chi connectivity index (χ2n) is 9.41. The molecule has 33 heavy (non-hydrogen) atoms. The van der Waals surface area contributed by atoms with E-state index in [1.807, 2.05) is 12.1 Å². The molecule has 1 saturated heterocycles. The van der Waals surface area contributed by atoms with Crippen molar-refractivity contribution in [3.63, 3.8) is 0 Å². The lowest BCUT2D eigenvalue weighted by atomic mass is 10.1. The van der Waals surface area contributed by atoms with Gasteiger partial charge in [0.05, 0.1) is 18.5 Å². The Balaban J connectivity index is 1.50. The van der Waals surface area contributed by atoms with Gasteiger partial charge in [-0.2, -0.15) is 5.10 Å². The number of nitrogens with zero attached hydrogens (tertiary/aromatic N) is 5. The molecule has 0 bridgehead atoms. The number of aromatic nitrogens is 2. The molecule has 6 nitrogen and oxygen atoms in total. The van der Waals surface area contributed by atoms with E-state index in [9.17, 15) is 0 Å². The largest absolute Gasteiger partial charge is 0.497 e. The van der Waals surface area contributed by atoms with Crippen molar-refractivity contribution in [3.05, 3.63) is 71.4 Å². The zero-order valence-electron chi connectivity index (χ0n) is 20.1. The highest BCUT2D eigenvalue weighted by atomic mass is 16.5. The first kappa shape index (κ1) is 22.0. The van der Waals surface area contributed by atoms with Gasteiger partial charge in [0.15, 0.2) is 0 Å². The maximum Gasteiger partial charge on any atom is 0.137 e. The number of benzene rings is 2. The summed E-state index contributed by atoms with van der Waals surface area (Å²) in [6.07, 6.45) is 2.59. The molecule has 0 N–H and O–H groups in total. The Morgan fingerprint density at radius 2 is 1.64 bits per heavy atom. The first-order valence-electron chi connectivity index (χ1n) is 12.1. The van der Waals surface area contributed by atoms with Crippen LogP contribution in [0.2, 0.25) is 0 Å². The average Bonchev–Trinajstić information content (AvgIpc) is 3.64. The SMILES string of the molecule is COc1ccc(-n2nc(C)c(CN(Cc3ccccc3)C3CC3)c2N2CCN(C)CC2)cc1. The minimum atomic E-state index is 0.675. The summed E-state index contributed by atoms with van der Waals surface area (Å²) < 4.78 is 7.54. The lowest BCUT2D eigenvalue weighted by Gasteiger charge is -2.35. The van der Waals surface area contributed by atoms with Gasteiger partial charge in [-0.3, -0.25) is 4.90 Å². The highest BCUT2D eigenvalue weighted by molar-refractivity contribution is 5.56. The van der Waals surface area contributed by atoms with Crippen LogP contribution in [0.25, 0.3) is 5.69 Å². The van der Waals surface area contributed by atoms with Gasteiger partial charge < -0.3 is 14.5 Å². The summed E-state index contributed by atoms with van der Waals surface area (Å²) in [4.78, 5) is 7.59. The monoisotopic (exact) mass is 445 g/mol. The Morgan fingerprint density at radius 1 is 0.939 bits per heavy atom. The third-order valence-electron chi connectivity index (χ3n) is 6.93. The van der Waals surface area contributed by atoms with Crippen molar-refractivity contribution in [2.24, 2.45) is 0 Å². The van der Waals surface area contributed by atoms with Crippen LogP contribution in [0.3, 0.4) is 0 Å². The van der Waals surface area contributed by atoms with Gasteiger partial charge in [0.25, 0.3) is 0 Å². The topological polar surface area (TPSA) is 36.8 Å². The quantitative estimate of drug-likeness (QED) is 0.522. The van der Waals surface area contributed by atoms with E-state index in [0.29, 0.717) is 6.04 Å². The number of hydrogen-bond donors (Lipinski definition) is 0. The van der Waals surface area contributed by atoms with Crippen LogP contribution in [-0.2, 0) is 13.1 Å². The molecule has 1 saturated carbocycles. The smallest absolute Gasteiger partial charge is 0.137 e. The van der Waals surface area contributed by atoms with Crippen LogP contribution >= 0.6 is 0 Å². The van der Waals surface area contributed by atoms with E-state index in [2.05, 4.69) is 75.8 Å². The highest BCUT2D eigenvalue weighted by Crippen LogP contribution is 2.35. The van der Waals surface area contributed by atoms with E-state index in [0.717, 1.165) is 56.4 Å². The Morgan fingerprint density at radius 3 is 2.27 bits per heavy atom. The predicted molar refractivity (Wildman–Crippen MR) is 133 cm³/mol. The Hall–Kier alpha value is -2.83. The lowest BCUT2D eigenvalue weighted by Crippen LogP contribution is -2.45. The molecule has 6 heteroatoms. The van der Waals surface area contributed by atoms with Gasteiger partial charge in [0, 0.05) is 50.9 Å². The molecule has 1 aromatic heterocycles. The molecule has 3 aromatic rings. The second kappa shape index (κ2) is 9.57. The van der Waals surface area contributed by atoms with Crippen molar-refractivity contribution in [1.82, 2.24) is 19.6 Å². The lowest BCUT2D eigenvalue weighted by molar-refractivity contribution is 0.245. The molecule has 0 amide bonds. The van der Waals surface area contributed by atoms with Gasteiger partial charge >= 0.3 is 0 Å². The maximum atomic E-state index is 5.38. The summed E-state index contributed by atoms with van der Waals surface area (Å²) in [5.74, 6) is 2.12. The molecule has 1 aliphatic heterocycles. The fourth-order valence-electron chi connectivity index (χ4n) is 4.75. The van der Waals surface area contributed by atoms with Gasteiger partial charge in [0.2, 0.25) is 0 Å². The molecular formula is C27H35N5O. The van der Waals surface area contributed by atoms with Crippen molar-refractivity contribution >= 4 is 5.82 Å². The van der Waals surface area contributed by atoms with Crippen LogP contribution in [-0.4, -0.2) is 66.0 Å². The maximum absolute atomic E-state index is 5.38. The van der Waals surface area contributed by atoms with E-state index >= 15 is 0 Å². The summed E-state index contributed by atoms with van der Waals surface area (Å²) in [5.41, 5.74) is 4.95. The zero-order valence-corrected chi connectivity index (χ0v) is 20.1. The minimum Gasteiger partial charge on any atom is -0.497 e. The van der Waals surface area contributed by atoms with Crippen LogP contribution in [0.5, 0.6) is 5.75 Å². The summed E-state index contributed by atoms with van der Waals surface area (Å²) in [5, 5.41) is 5.06. The highest BCUT2D eigenvalue weighted by Gasteiger charge is 2.32. The summed E-state index contributed by atoms with van der Waals surface area (Å²) >= 11 is 0. The standard InChI is InChI=1S/C27H35N5O/c1-21-26(20-31(23-9-10-23)19-22-7-5-4-6-8-22)27(30-17-15-29(2)16-18-30)32(28-21)24-11-13-25(33-3)14-12-24/h4-8,11-14,23H,9-10,15-20H2,1-3H3. The molecule has 2 aliphatic rings. The third kappa shape index (κ3) is 4.92. The normalized spacial score (nSPS) is 17.0. The molecule has 2 aromatic carbocycles. The third-order valence-corrected chi connectivity index (χ3v) is 6.93. The number of aryl methyl sites for hydroxylation is 1. The van der Waals surface area contributed by atoms with Crippen molar-refractivity contribution in [1.29, 1.82) is 0 Å². The number of anilines is 1. The molecule has 5 rings (SSSR count). The van der Waals surface area contributed by atoms with E-state index in [1.54, 1.807) is 7.11 Å². The molecular weight excluding hydrogens is 410 g/mol. The van der Waals surface area contributed by atoms with Crippen molar-refractivity contribution in [3.8, 4) is 11.4 Å². The van der Waals surface area contributed by atoms with Gasteiger partial charge in [-0.15, -0.1) is 0 Å². The molecule has 0 spiro atoms. The number of methoxy groups -OCH3 is 1. The molecule has 0 radical (unpaired) electrons. The summed E-state index contributed by atoms with van der Waals surface area (Å²) in [7, 11) is 3.92. The summed E-state index contributed by atoms with van der Waals surface area (Å²) in [6, 6.07) is 19.8. The van der Waals surface area contributed by atoms with Crippen LogP contribution in [0.15, 0.2) is 54.6 Å². The number of ether oxygens (including phenoxy) is 1. The van der Waals surface area contributed by atoms with E-state index in [1.165, 1.54) is 29.8 Å². The van der Waals surface area contributed by atoms with Gasteiger partial charge in [-0.1, -0.05) is 30.3 Å². The fourth-order valence-corrected chi connectivity index (χ4v) is 4.75. The van der Waals surface area contributed by atoms with Crippen LogP contribution in [0.1, 0.15) is 29.7 Å². The predicted octanol–water partition coefficient (Wildman–Crippen LogP) is 4.11. The molecule has 2 heterocycles. The molecule has 0 atom stereocenters. The second-order valence-corrected chi connectivity index (χ2v) is 9.41. The van der Waals surface area contributed by atoms with Crippen LogP contribution < -0.4 is 9.64 Å². The first-order chi connectivity index (χ1) is 16.1. The van der Waals surface area contributed by atoms with Gasteiger partial charge in [-0.05, 0) is 56.6 Å². The molecule has 1 aliphatic carbocycles. The van der Waals surface area contributed by atoms with E-state index in [4.69, 9.17) is 9.84 Å². The van der Waals surface area contributed by atoms with Crippen molar-refractivity contribution in [2.45, 2.75) is 38.9 Å². The molecule has 174 valence electrons. The van der Waals surface area contributed by atoms with Crippen LogP contribution in [0, 0.1) is 6.92 Å². The number of hydrogen-bond acceptors (Lipinski definition) is 5. The van der Waals surface area contributed by atoms with Crippen molar-refractivity contribution < 1.29 is 4.74 Å². The minimum absolute atomic E-state index is 0.675. The van der Waals surface area contributed by atoms with Gasteiger partial charge in [-0.25, -0.2) is 4.68 Å². The molecule has 0 unspecified atom stereocenters. The number of piperazine rings is 1. The summed E-state index contributed by atoms with van der Waals surface area (Å²) in [6.45, 7) is 8.28. The number of likely N-dealkylation sites (N-methyl/N-ethyl adjacent to an activating group) is 1. The Kier molecular flexibility index (Phi) is 6.38. The fraction of sp³-hybridized carbons (Fsp3) is 0.444. The Bertz CT molecular complexity index is 1050. The first-order valence-corrected chi connectivity index (χ1v) is 12.1. The van der Waals surface area contributed by atoms with E-state index < -0.39 is 0 Å². The average molecular weight is 446 g/mol. The van der Waals surface area contributed by atoms with Crippen molar-refractivity contribution in [2.75, 3.05) is 45.2 Å².